The van der Waals surface area contributed by atoms with Crippen molar-refractivity contribution in [3.8, 4) is 0 Å². The van der Waals surface area contributed by atoms with Crippen LogP contribution in [0.4, 0.5) is 9.18 Å². The number of ether oxygens (including phenoxy) is 1. The molecule has 1 aromatic carbocycles. The molecule has 0 aliphatic carbocycles. The van der Waals surface area contributed by atoms with Crippen molar-refractivity contribution in [3.05, 3.63) is 34.1 Å². The summed E-state index contributed by atoms with van der Waals surface area (Å²) in [7, 11) is 0. The number of nitrogens with zero attached hydrogens (tertiary/aromatic N) is 1. The predicted octanol–water partition coefficient (Wildman–Crippen LogP) is 4.32. The van der Waals surface area contributed by atoms with Crippen LogP contribution in [0.5, 0.6) is 0 Å². The Morgan fingerprint density at radius 1 is 1.46 bits per heavy atom. The molecule has 1 aliphatic rings. The molecule has 1 atom stereocenters. The molecule has 4 nitrogen and oxygen atoms in total. The van der Waals surface area contributed by atoms with Crippen LogP contribution in [-0.2, 0) is 11.3 Å². The minimum absolute atomic E-state index is 0.182. The minimum Gasteiger partial charge on any atom is -0.444 e. The molecule has 1 fully saturated rings. The number of likely N-dealkylation sites (tertiary alicyclic amines) is 1. The number of carbonyl (C=O) groups is 1. The van der Waals surface area contributed by atoms with Gasteiger partial charge in [-0.25, -0.2) is 9.18 Å². The highest BCUT2D eigenvalue weighted by Crippen LogP contribution is 2.21. The number of carbonyl (C=O) groups excluding carboxylic acids is 1. The Labute approximate surface area is 151 Å². The van der Waals surface area contributed by atoms with Crippen LogP contribution in [0.15, 0.2) is 22.7 Å². The molecule has 24 heavy (non-hydrogen) atoms. The van der Waals surface area contributed by atoms with Gasteiger partial charge in [-0.1, -0.05) is 22.0 Å². The average Bonchev–Trinajstić information content (AvgIpc) is 2.47. The van der Waals surface area contributed by atoms with Crippen LogP contribution in [-0.4, -0.2) is 36.2 Å². The van der Waals surface area contributed by atoms with Crippen LogP contribution >= 0.6 is 15.9 Å². The molecule has 0 aromatic heterocycles. The first-order valence-corrected chi connectivity index (χ1v) is 9.15. The highest BCUT2D eigenvalue weighted by atomic mass is 79.9. The first-order valence-electron chi connectivity index (χ1n) is 8.36. The number of alkyl carbamates (subject to hydrolysis) is 1. The van der Waals surface area contributed by atoms with Gasteiger partial charge >= 0.3 is 6.09 Å². The van der Waals surface area contributed by atoms with E-state index in [1.807, 2.05) is 32.9 Å². The van der Waals surface area contributed by atoms with Gasteiger partial charge in [0.2, 0.25) is 0 Å². The molecule has 1 unspecified atom stereocenters. The van der Waals surface area contributed by atoms with Crippen molar-refractivity contribution in [1.82, 2.24) is 10.2 Å². The Hall–Kier alpha value is -1.14. The summed E-state index contributed by atoms with van der Waals surface area (Å²) in [4.78, 5) is 14.0. The molecular weight excluding hydrogens is 375 g/mol. The van der Waals surface area contributed by atoms with E-state index in [4.69, 9.17) is 4.74 Å². The predicted molar refractivity (Wildman–Crippen MR) is 96.3 cm³/mol. The van der Waals surface area contributed by atoms with Crippen molar-refractivity contribution in [2.24, 2.45) is 5.92 Å². The molecular formula is C18H26BrFN2O2. The zero-order valence-electron chi connectivity index (χ0n) is 14.6. The SMILES string of the molecule is CC(C)(C)OC(=O)NCC1CCCN(Cc2ccc(Br)cc2F)C1. The highest BCUT2D eigenvalue weighted by Gasteiger charge is 2.22. The van der Waals surface area contributed by atoms with Gasteiger partial charge in [-0.15, -0.1) is 0 Å². The van der Waals surface area contributed by atoms with Gasteiger partial charge in [0.05, 0.1) is 0 Å². The van der Waals surface area contributed by atoms with Gasteiger partial charge in [0, 0.05) is 29.7 Å². The summed E-state index contributed by atoms with van der Waals surface area (Å²) in [5, 5.41) is 2.84. The van der Waals surface area contributed by atoms with Gasteiger partial charge < -0.3 is 10.1 Å². The molecule has 6 heteroatoms. The van der Waals surface area contributed by atoms with Crippen molar-refractivity contribution in [1.29, 1.82) is 0 Å². The van der Waals surface area contributed by atoms with Crippen LogP contribution in [0.3, 0.4) is 0 Å². The minimum atomic E-state index is -0.484. The monoisotopic (exact) mass is 400 g/mol. The summed E-state index contributed by atoms with van der Waals surface area (Å²) in [5.41, 5.74) is 0.223. The van der Waals surface area contributed by atoms with Crippen LogP contribution in [0.1, 0.15) is 39.2 Å². The lowest BCUT2D eigenvalue weighted by Gasteiger charge is -2.33. The molecule has 0 spiro atoms. The quantitative estimate of drug-likeness (QED) is 0.817. The first-order chi connectivity index (χ1) is 11.2. The fraction of sp³-hybridized carbons (Fsp3) is 0.611. The van der Waals surface area contributed by atoms with Gasteiger partial charge in [-0.3, -0.25) is 4.90 Å². The van der Waals surface area contributed by atoms with Crippen LogP contribution in [0.2, 0.25) is 0 Å². The summed E-state index contributed by atoms with van der Waals surface area (Å²) >= 11 is 3.28. The third-order valence-corrected chi connectivity index (χ3v) is 4.44. The summed E-state index contributed by atoms with van der Waals surface area (Å²) in [6.07, 6.45) is 1.74. The van der Waals surface area contributed by atoms with E-state index in [0.717, 1.165) is 30.4 Å². The zero-order chi connectivity index (χ0) is 17.7. The average molecular weight is 401 g/mol. The van der Waals surface area contributed by atoms with E-state index >= 15 is 0 Å². The molecule has 1 saturated heterocycles. The van der Waals surface area contributed by atoms with E-state index in [-0.39, 0.29) is 11.9 Å². The Morgan fingerprint density at radius 2 is 2.21 bits per heavy atom. The van der Waals surface area contributed by atoms with Crippen molar-refractivity contribution in [3.63, 3.8) is 0 Å². The summed E-state index contributed by atoms with van der Waals surface area (Å²) in [5.74, 6) is 0.183. The lowest BCUT2D eigenvalue weighted by Crippen LogP contribution is -2.42. The fourth-order valence-electron chi connectivity index (χ4n) is 2.89. The molecule has 1 heterocycles. The zero-order valence-corrected chi connectivity index (χ0v) is 16.2. The van der Waals surface area contributed by atoms with Crippen LogP contribution < -0.4 is 5.32 Å². The van der Waals surface area contributed by atoms with Gasteiger partial charge in [-0.05, 0) is 58.2 Å². The Kier molecular flexibility index (Phi) is 6.63. The molecule has 1 N–H and O–H groups in total. The summed E-state index contributed by atoms with van der Waals surface area (Å²) in [6, 6.07) is 5.19. The highest BCUT2D eigenvalue weighted by molar-refractivity contribution is 9.10. The van der Waals surface area contributed by atoms with E-state index in [9.17, 15) is 9.18 Å². The molecule has 1 amide bonds. The first kappa shape index (κ1) is 19.2. The summed E-state index contributed by atoms with van der Waals surface area (Å²) < 4.78 is 20.0. The molecule has 2 rings (SSSR count). The third kappa shape index (κ3) is 6.40. The summed E-state index contributed by atoms with van der Waals surface area (Å²) in [6.45, 7) is 8.55. The molecule has 0 bridgehead atoms. The molecule has 1 aliphatic heterocycles. The maximum absolute atomic E-state index is 14.0. The lowest BCUT2D eigenvalue weighted by molar-refractivity contribution is 0.0506. The smallest absolute Gasteiger partial charge is 0.407 e. The number of halogens is 2. The second-order valence-electron chi connectivity index (χ2n) is 7.36. The lowest BCUT2D eigenvalue weighted by atomic mass is 9.97. The maximum atomic E-state index is 14.0. The number of rotatable bonds is 4. The van der Waals surface area contributed by atoms with Gasteiger partial charge in [-0.2, -0.15) is 0 Å². The van der Waals surface area contributed by atoms with Gasteiger partial charge in [0.25, 0.3) is 0 Å². The number of amides is 1. The van der Waals surface area contributed by atoms with E-state index in [0.29, 0.717) is 24.6 Å². The normalized spacial score (nSPS) is 19.1. The van der Waals surface area contributed by atoms with E-state index < -0.39 is 5.60 Å². The second-order valence-corrected chi connectivity index (χ2v) is 8.28. The molecule has 0 saturated carbocycles. The van der Waals surface area contributed by atoms with E-state index in [1.165, 1.54) is 6.07 Å². The number of nitrogens with one attached hydrogen (secondary N) is 1. The Morgan fingerprint density at radius 3 is 2.88 bits per heavy atom. The standard InChI is InChI=1S/C18H26BrFN2O2/c1-18(2,3)24-17(23)21-10-13-5-4-8-22(11-13)12-14-6-7-15(19)9-16(14)20/h6-7,9,13H,4-5,8,10-12H2,1-3H3,(H,21,23). The Bertz CT molecular complexity index is 575. The van der Waals surface area contributed by atoms with Crippen molar-refractivity contribution >= 4 is 22.0 Å². The topological polar surface area (TPSA) is 41.6 Å². The number of hydrogen-bond donors (Lipinski definition) is 1. The Balaban J connectivity index is 1.82. The number of benzene rings is 1. The number of piperidine rings is 1. The van der Waals surface area contributed by atoms with Gasteiger partial charge in [0.15, 0.2) is 0 Å². The van der Waals surface area contributed by atoms with Gasteiger partial charge in [0.1, 0.15) is 11.4 Å². The van der Waals surface area contributed by atoms with Crippen LogP contribution in [0, 0.1) is 11.7 Å². The van der Waals surface area contributed by atoms with Crippen molar-refractivity contribution < 1.29 is 13.9 Å². The maximum Gasteiger partial charge on any atom is 0.407 e. The van der Waals surface area contributed by atoms with E-state index in [1.54, 1.807) is 0 Å². The van der Waals surface area contributed by atoms with E-state index in [2.05, 4.69) is 26.1 Å². The molecule has 0 radical (unpaired) electrons. The third-order valence-electron chi connectivity index (χ3n) is 3.95. The molecule has 134 valence electrons. The van der Waals surface area contributed by atoms with Crippen molar-refractivity contribution in [2.45, 2.75) is 45.8 Å². The van der Waals surface area contributed by atoms with Crippen LogP contribution in [0.25, 0.3) is 0 Å². The largest absolute Gasteiger partial charge is 0.444 e. The molecule has 1 aromatic rings. The fourth-order valence-corrected chi connectivity index (χ4v) is 3.23. The second kappa shape index (κ2) is 8.30. The van der Waals surface area contributed by atoms with Crippen molar-refractivity contribution in [2.75, 3.05) is 19.6 Å². The number of hydrogen-bond acceptors (Lipinski definition) is 3.